The summed E-state index contributed by atoms with van der Waals surface area (Å²) in [6, 6.07) is -0.775. The Hall–Kier alpha value is -0.810. The number of nitrogens with two attached hydrogens (primary N) is 2. The molecule has 6 heteroatoms. The van der Waals surface area contributed by atoms with Crippen LogP contribution < -0.4 is 11.5 Å². The lowest BCUT2D eigenvalue weighted by molar-refractivity contribution is -0.133. The third-order valence-corrected chi connectivity index (χ3v) is 3.22. The number of carbonyl (C=O) groups is 2. The Kier molecular flexibility index (Phi) is 6.49. The largest absolute Gasteiger partial charge is 0.370 e. The summed E-state index contributed by atoms with van der Waals surface area (Å²) in [5.74, 6) is 0.442. The van der Waals surface area contributed by atoms with Gasteiger partial charge in [0.15, 0.2) is 0 Å². The molecule has 1 aliphatic heterocycles. The van der Waals surface area contributed by atoms with Crippen LogP contribution in [-0.4, -0.2) is 35.8 Å². The number of hydrogen-bond donors (Lipinski definition) is 2. The molecule has 1 rings (SSSR count). The first-order valence-electron chi connectivity index (χ1n) is 5.74. The minimum absolute atomic E-state index is 0. The maximum absolute atomic E-state index is 11.8. The standard InChI is InChI=1S/C11H21N3O2.ClH/c1-7(2)8-3-4-14(6-8)11(16)9(12)5-10(13)15;/h7-9H,3-6,12H2,1-2H3,(H2,13,15);1H. The van der Waals surface area contributed by atoms with Gasteiger partial charge in [-0.2, -0.15) is 0 Å². The van der Waals surface area contributed by atoms with E-state index in [9.17, 15) is 9.59 Å². The fraction of sp³-hybridized carbons (Fsp3) is 0.818. The van der Waals surface area contributed by atoms with Crippen molar-refractivity contribution >= 4 is 24.2 Å². The van der Waals surface area contributed by atoms with Crippen molar-refractivity contribution in [1.29, 1.82) is 0 Å². The van der Waals surface area contributed by atoms with Crippen LogP contribution in [0, 0.1) is 11.8 Å². The van der Waals surface area contributed by atoms with Crippen LogP contribution in [0.2, 0.25) is 0 Å². The lowest BCUT2D eigenvalue weighted by Gasteiger charge is -2.21. The van der Waals surface area contributed by atoms with Gasteiger partial charge in [0, 0.05) is 13.1 Å². The van der Waals surface area contributed by atoms with E-state index in [0.717, 1.165) is 19.5 Å². The van der Waals surface area contributed by atoms with E-state index in [4.69, 9.17) is 11.5 Å². The normalized spacial score (nSPS) is 21.2. The number of likely N-dealkylation sites (tertiary alicyclic amines) is 1. The summed E-state index contributed by atoms with van der Waals surface area (Å²) in [6.07, 6.45) is 0.953. The van der Waals surface area contributed by atoms with Crippen LogP contribution in [0.3, 0.4) is 0 Å². The Morgan fingerprint density at radius 1 is 1.41 bits per heavy atom. The Balaban J connectivity index is 0.00000256. The molecule has 2 atom stereocenters. The van der Waals surface area contributed by atoms with Crippen molar-refractivity contribution in [3.8, 4) is 0 Å². The number of nitrogens with zero attached hydrogens (tertiary/aromatic N) is 1. The molecule has 0 radical (unpaired) electrons. The van der Waals surface area contributed by atoms with Crippen molar-refractivity contribution in [2.75, 3.05) is 13.1 Å². The molecule has 2 amide bonds. The molecule has 1 aliphatic rings. The van der Waals surface area contributed by atoms with E-state index >= 15 is 0 Å². The highest BCUT2D eigenvalue weighted by atomic mass is 35.5. The fourth-order valence-electron chi connectivity index (χ4n) is 2.07. The first-order valence-corrected chi connectivity index (χ1v) is 5.74. The van der Waals surface area contributed by atoms with E-state index in [0.29, 0.717) is 11.8 Å². The van der Waals surface area contributed by atoms with Gasteiger partial charge < -0.3 is 16.4 Å². The van der Waals surface area contributed by atoms with Crippen LogP contribution in [0.1, 0.15) is 26.7 Å². The molecule has 1 fully saturated rings. The van der Waals surface area contributed by atoms with Crippen molar-refractivity contribution in [2.45, 2.75) is 32.7 Å². The summed E-state index contributed by atoms with van der Waals surface area (Å²) < 4.78 is 0. The topological polar surface area (TPSA) is 89.4 Å². The van der Waals surface area contributed by atoms with E-state index in [-0.39, 0.29) is 24.7 Å². The van der Waals surface area contributed by atoms with Crippen LogP contribution in [0.5, 0.6) is 0 Å². The number of halogens is 1. The molecule has 1 saturated heterocycles. The Morgan fingerprint density at radius 2 is 2.00 bits per heavy atom. The summed E-state index contributed by atoms with van der Waals surface area (Å²) in [5.41, 5.74) is 10.6. The van der Waals surface area contributed by atoms with Gasteiger partial charge in [-0.15, -0.1) is 12.4 Å². The molecule has 4 N–H and O–H groups in total. The van der Waals surface area contributed by atoms with Crippen LogP contribution in [-0.2, 0) is 9.59 Å². The quantitative estimate of drug-likeness (QED) is 0.755. The predicted molar refractivity (Wildman–Crippen MR) is 68.6 cm³/mol. The van der Waals surface area contributed by atoms with E-state index < -0.39 is 11.9 Å². The van der Waals surface area contributed by atoms with Gasteiger partial charge in [0.25, 0.3) is 0 Å². The van der Waals surface area contributed by atoms with Crippen molar-refractivity contribution in [3.63, 3.8) is 0 Å². The lowest BCUT2D eigenvalue weighted by Crippen LogP contribution is -2.44. The van der Waals surface area contributed by atoms with Gasteiger partial charge in [-0.3, -0.25) is 9.59 Å². The van der Waals surface area contributed by atoms with Gasteiger partial charge >= 0.3 is 0 Å². The summed E-state index contributed by atoms with van der Waals surface area (Å²) in [5, 5.41) is 0. The first-order chi connectivity index (χ1) is 7.41. The maximum Gasteiger partial charge on any atom is 0.240 e. The zero-order valence-electron chi connectivity index (χ0n) is 10.4. The van der Waals surface area contributed by atoms with E-state index in [2.05, 4.69) is 13.8 Å². The number of amides is 2. The molecular formula is C11H22ClN3O2. The van der Waals surface area contributed by atoms with Crippen molar-refractivity contribution in [3.05, 3.63) is 0 Å². The third kappa shape index (κ3) is 4.52. The SMILES string of the molecule is CC(C)C1CCN(C(=O)C(N)CC(N)=O)C1.Cl. The smallest absolute Gasteiger partial charge is 0.240 e. The van der Waals surface area contributed by atoms with Crippen LogP contribution >= 0.6 is 12.4 Å². The summed E-state index contributed by atoms with van der Waals surface area (Å²) in [7, 11) is 0. The molecule has 1 heterocycles. The van der Waals surface area contributed by atoms with E-state index in [1.165, 1.54) is 0 Å². The molecule has 0 saturated carbocycles. The van der Waals surface area contributed by atoms with Crippen molar-refractivity contribution < 1.29 is 9.59 Å². The Labute approximate surface area is 108 Å². The molecule has 0 aliphatic carbocycles. The number of carbonyl (C=O) groups excluding carboxylic acids is 2. The molecule has 2 unspecified atom stereocenters. The number of hydrogen-bond acceptors (Lipinski definition) is 3. The summed E-state index contributed by atoms with van der Waals surface area (Å²) in [4.78, 5) is 24.3. The van der Waals surface area contributed by atoms with Crippen LogP contribution in [0.4, 0.5) is 0 Å². The average Bonchev–Trinajstić information content (AvgIpc) is 2.64. The lowest BCUT2D eigenvalue weighted by atomic mass is 9.95. The highest BCUT2D eigenvalue weighted by molar-refractivity contribution is 5.87. The summed E-state index contributed by atoms with van der Waals surface area (Å²) in [6.45, 7) is 5.81. The average molecular weight is 264 g/mol. The van der Waals surface area contributed by atoms with Crippen molar-refractivity contribution in [2.24, 2.45) is 23.3 Å². The zero-order valence-corrected chi connectivity index (χ0v) is 11.2. The second kappa shape index (κ2) is 6.81. The highest BCUT2D eigenvalue weighted by Gasteiger charge is 2.30. The maximum atomic E-state index is 11.8. The molecule has 0 spiro atoms. The molecule has 100 valence electrons. The zero-order chi connectivity index (χ0) is 12.3. The Bertz CT molecular complexity index is 284. The van der Waals surface area contributed by atoms with Gasteiger partial charge in [-0.25, -0.2) is 0 Å². The molecular weight excluding hydrogens is 242 g/mol. The first kappa shape index (κ1) is 16.2. The minimum atomic E-state index is -0.775. The van der Waals surface area contributed by atoms with Gasteiger partial charge in [0.2, 0.25) is 11.8 Å². The van der Waals surface area contributed by atoms with Crippen LogP contribution in [0.15, 0.2) is 0 Å². The summed E-state index contributed by atoms with van der Waals surface area (Å²) >= 11 is 0. The highest BCUT2D eigenvalue weighted by Crippen LogP contribution is 2.23. The third-order valence-electron chi connectivity index (χ3n) is 3.22. The van der Waals surface area contributed by atoms with Crippen LogP contribution in [0.25, 0.3) is 0 Å². The molecule has 5 nitrogen and oxygen atoms in total. The molecule has 0 aromatic heterocycles. The van der Waals surface area contributed by atoms with Crippen molar-refractivity contribution in [1.82, 2.24) is 4.90 Å². The molecule has 17 heavy (non-hydrogen) atoms. The monoisotopic (exact) mass is 263 g/mol. The number of primary amides is 1. The minimum Gasteiger partial charge on any atom is -0.370 e. The predicted octanol–water partition coefficient (Wildman–Crippen LogP) is 0.115. The Morgan fingerprint density at radius 3 is 2.41 bits per heavy atom. The van der Waals surface area contributed by atoms with Gasteiger partial charge in [-0.05, 0) is 18.3 Å². The van der Waals surface area contributed by atoms with E-state index in [1.54, 1.807) is 4.90 Å². The van der Waals surface area contributed by atoms with Gasteiger partial charge in [0.1, 0.15) is 0 Å². The second-order valence-corrected chi connectivity index (χ2v) is 4.85. The second-order valence-electron chi connectivity index (χ2n) is 4.85. The van der Waals surface area contributed by atoms with Gasteiger partial charge in [0.05, 0.1) is 12.5 Å². The molecule has 0 aromatic rings. The van der Waals surface area contributed by atoms with Gasteiger partial charge in [-0.1, -0.05) is 13.8 Å². The molecule has 0 bridgehead atoms. The molecule has 0 aromatic carbocycles. The number of rotatable bonds is 4. The van der Waals surface area contributed by atoms with E-state index in [1.807, 2.05) is 0 Å². The fourth-order valence-corrected chi connectivity index (χ4v) is 2.07.